The summed E-state index contributed by atoms with van der Waals surface area (Å²) in [5.74, 6) is -0.0532. The van der Waals surface area contributed by atoms with Gasteiger partial charge in [0.05, 0.1) is 31.8 Å². The van der Waals surface area contributed by atoms with Gasteiger partial charge in [0.1, 0.15) is 0 Å². The summed E-state index contributed by atoms with van der Waals surface area (Å²) >= 11 is 7.74. The molecule has 0 spiro atoms. The summed E-state index contributed by atoms with van der Waals surface area (Å²) in [6, 6.07) is 9.73. The SMILES string of the molecule is Cc1nc2c3c(ccc2s1)C(C)N(C(=O)c1cc2ccc(Cl)cn2n1)CC3. The third-order valence-electron chi connectivity index (χ3n) is 5.23. The van der Waals surface area contributed by atoms with Gasteiger partial charge in [-0.3, -0.25) is 4.79 Å². The van der Waals surface area contributed by atoms with E-state index in [4.69, 9.17) is 16.6 Å². The number of hydrogen-bond acceptors (Lipinski definition) is 4. The van der Waals surface area contributed by atoms with Crippen molar-refractivity contribution in [2.45, 2.75) is 26.3 Å². The first-order valence-electron chi connectivity index (χ1n) is 8.86. The van der Waals surface area contributed by atoms with E-state index in [0.29, 0.717) is 17.3 Å². The molecular formula is C20H17ClN4OS. The molecule has 7 heteroatoms. The lowest BCUT2D eigenvalue weighted by atomic mass is 9.92. The molecule has 136 valence electrons. The van der Waals surface area contributed by atoms with Gasteiger partial charge in [0.15, 0.2) is 5.69 Å². The molecule has 1 aromatic carbocycles. The van der Waals surface area contributed by atoms with Crippen molar-refractivity contribution >= 4 is 44.6 Å². The maximum absolute atomic E-state index is 13.1. The number of amides is 1. The summed E-state index contributed by atoms with van der Waals surface area (Å²) < 4.78 is 2.87. The summed E-state index contributed by atoms with van der Waals surface area (Å²) in [5.41, 5.74) is 4.84. The highest BCUT2D eigenvalue weighted by Crippen LogP contribution is 2.36. The Kier molecular flexibility index (Phi) is 3.74. The molecule has 27 heavy (non-hydrogen) atoms. The van der Waals surface area contributed by atoms with Crippen LogP contribution >= 0.6 is 22.9 Å². The van der Waals surface area contributed by atoms with Crippen molar-refractivity contribution in [3.63, 3.8) is 0 Å². The second kappa shape index (κ2) is 6.04. The first kappa shape index (κ1) is 16.7. The third kappa shape index (κ3) is 2.63. The normalized spacial score (nSPS) is 16.9. The zero-order valence-electron chi connectivity index (χ0n) is 14.9. The van der Waals surface area contributed by atoms with E-state index >= 15 is 0 Å². The highest BCUT2D eigenvalue weighted by Gasteiger charge is 2.31. The molecule has 0 bridgehead atoms. The molecular weight excluding hydrogens is 380 g/mol. The summed E-state index contributed by atoms with van der Waals surface area (Å²) in [4.78, 5) is 19.8. The molecule has 0 saturated heterocycles. The van der Waals surface area contributed by atoms with E-state index in [1.807, 2.05) is 24.0 Å². The fourth-order valence-electron chi connectivity index (χ4n) is 3.91. The van der Waals surface area contributed by atoms with Crippen molar-refractivity contribution in [2.24, 2.45) is 0 Å². The molecule has 0 aliphatic carbocycles. The van der Waals surface area contributed by atoms with Crippen molar-refractivity contribution in [1.82, 2.24) is 19.5 Å². The van der Waals surface area contributed by atoms with Crippen molar-refractivity contribution in [2.75, 3.05) is 6.54 Å². The zero-order valence-corrected chi connectivity index (χ0v) is 16.5. The van der Waals surface area contributed by atoms with Gasteiger partial charge in [-0.25, -0.2) is 9.50 Å². The number of halogens is 1. The van der Waals surface area contributed by atoms with Crippen LogP contribution in [0.3, 0.4) is 0 Å². The lowest BCUT2D eigenvalue weighted by Crippen LogP contribution is -2.39. The average Bonchev–Trinajstić information content (AvgIpc) is 3.23. The van der Waals surface area contributed by atoms with Crippen molar-refractivity contribution in [1.29, 1.82) is 0 Å². The number of hydrogen-bond donors (Lipinski definition) is 0. The van der Waals surface area contributed by atoms with Crippen LogP contribution in [0.2, 0.25) is 5.02 Å². The number of nitrogens with zero attached hydrogens (tertiary/aromatic N) is 4. The Morgan fingerprint density at radius 3 is 3.00 bits per heavy atom. The number of pyridine rings is 1. The minimum absolute atomic E-state index is 0.0129. The monoisotopic (exact) mass is 396 g/mol. The van der Waals surface area contributed by atoms with Gasteiger partial charge in [-0.15, -0.1) is 11.3 Å². The Bertz CT molecular complexity index is 1210. The fraction of sp³-hybridized carbons (Fsp3) is 0.250. The van der Waals surface area contributed by atoms with Gasteiger partial charge in [0.25, 0.3) is 5.91 Å². The molecule has 1 unspecified atom stereocenters. The van der Waals surface area contributed by atoms with Crippen LogP contribution in [0.25, 0.3) is 15.7 Å². The highest BCUT2D eigenvalue weighted by molar-refractivity contribution is 7.18. The smallest absolute Gasteiger partial charge is 0.274 e. The topological polar surface area (TPSA) is 50.5 Å². The first-order chi connectivity index (χ1) is 13.0. The number of carbonyl (C=O) groups excluding carboxylic acids is 1. The van der Waals surface area contributed by atoms with E-state index in [-0.39, 0.29) is 11.9 Å². The number of rotatable bonds is 1. The maximum Gasteiger partial charge on any atom is 0.274 e. The zero-order chi connectivity index (χ0) is 18.7. The molecule has 1 atom stereocenters. The minimum Gasteiger partial charge on any atom is -0.330 e. The van der Waals surface area contributed by atoms with Gasteiger partial charge in [-0.05, 0) is 55.7 Å². The summed E-state index contributed by atoms with van der Waals surface area (Å²) in [6.07, 6.45) is 2.52. The number of carbonyl (C=O) groups is 1. The maximum atomic E-state index is 13.1. The molecule has 5 rings (SSSR count). The number of fused-ring (bicyclic) bond motifs is 4. The van der Waals surface area contributed by atoms with Gasteiger partial charge in [-0.1, -0.05) is 17.7 Å². The molecule has 4 aromatic rings. The molecule has 0 fully saturated rings. The van der Waals surface area contributed by atoms with Crippen LogP contribution in [0, 0.1) is 6.92 Å². The fourth-order valence-corrected chi connectivity index (χ4v) is 4.93. The van der Waals surface area contributed by atoms with E-state index < -0.39 is 0 Å². The van der Waals surface area contributed by atoms with Crippen LogP contribution in [0.4, 0.5) is 0 Å². The molecule has 1 amide bonds. The van der Waals surface area contributed by atoms with E-state index in [0.717, 1.165) is 22.5 Å². The Hall–Kier alpha value is -2.44. The number of benzene rings is 1. The molecule has 1 aliphatic heterocycles. The van der Waals surface area contributed by atoms with Crippen LogP contribution in [-0.2, 0) is 6.42 Å². The Morgan fingerprint density at radius 2 is 2.15 bits per heavy atom. The molecule has 3 aromatic heterocycles. The van der Waals surface area contributed by atoms with Crippen LogP contribution in [0.5, 0.6) is 0 Å². The number of thiazole rings is 1. The van der Waals surface area contributed by atoms with E-state index in [2.05, 4.69) is 24.2 Å². The van der Waals surface area contributed by atoms with Crippen LogP contribution < -0.4 is 0 Å². The van der Waals surface area contributed by atoms with Gasteiger partial charge in [0.2, 0.25) is 0 Å². The lowest BCUT2D eigenvalue weighted by Gasteiger charge is -2.35. The average molecular weight is 397 g/mol. The Labute approximate surface area is 165 Å². The highest BCUT2D eigenvalue weighted by atomic mass is 35.5. The molecule has 1 aliphatic rings. The van der Waals surface area contributed by atoms with E-state index in [9.17, 15) is 4.79 Å². The predicted octanol–water partition coefficient (Wildman–Crippen LogP) is 4.67. The molecule has 0 radical (unpaired) electrons. The van der Waals surface area contributed by atoms with Gasteiger partial charge >= 0.3 is 0 Å². The molecule has 0 N–H and O–H groups in total. The van der Waals surface area contributed by atoms with Crippen molar-refractivity contribution < 1.29 is 4.79 Å². The third-order valence-corrected chi connectivity index (χ3v) is 6.39. The summed E-state index contributed by atoms with van der Waals surface area (Å²) in [6.45, 7) is 4.78. The predicted molar refractivity (Wildman–Crippen MR) is 108 cm³/mol. The van der Waals surface area contributed by atoms with Crippen molar-refractivity contribution in [3.05, 3.63) is 63.4 Å². The molecule has 0 saturated carbocycles. The van der Waals surface area contributed by atoms with Gasteiger partial charge in [0, 0.05) is 12.7 Å². The number of aryl methyl sites for hydroxylation is 1. The number of aromatic nitrogens is 3. The van der Waals surface area contributed by atoms with E-state index in [1.54, 1.807) is 28.1 Å². The summed E-state index contributed by atoms with van der Waals surface area (Å²) in [7, 11) is 0. The lowest BCUT2D eigenvalue weighted by molar-refractivity contribution is 0.0671. The molecule has 5 nitrogen and oxygen atoms in total. The second-order valence-electron chi connectivity index (χ2n) is 6.88. The van der Waals surface area contributed by atoms with Gasteiger partial charge < -0.3 is 4.90 Å². The molecule has 4 heterocycles. The minimum atomic E-state index is -0.0532. The quantitative estimate of drug-likeness (QED) is 0.470. The first-order valence-corrected chi connectivity index (χ1v) is 10.1. The van der Waals surface area contributed by atoms with Crippen molar-refractivity contribution in [3.8, 4) is 0 Å². The van der Waals surface area contributed by atoms with Crippen LogP contribution in [0.1, 0.15) is 39.6 Å². The largest absolute Gasteiger partial charge is 0.330 e. The Balaban J connectivity index is 1.52. The van der Waals surface area contributed by atoms with Gasteiger partial charge in [-0.2, -0.15) is 5.10 Å². The summed E-state index contributed by atoms with van der Waals surface area (Å²) in [5, 5.41) is 6.09. The second-order valence-corrected chi connectivity index (χ2v) is 8.56. The Morgan fingerprint density at radius 1 is 1.30 bits per heavy atom. The standard InChI is InChI=1S/C20H17ClN4OS/c1-11-15-5-6-18-19(22-12(2)27-18)16(15)7-8-24(11)20(26)17-9-14-4-3-13(21)10-25(14)23-17/h3-6,9-11H,7-8H2,1-2H3. The van der Waals surface area contributed by atoms with Crippen LogP contribution in [0.15, 0.2) is 36.5 Å². The van der Waals surface area contributed by atoms with Crippen LogP contribution in [-0.4, -0.2) is 31.9 Å². The van der Waals surface area contributed by atoms with E-state index in [1.165, 1.54) is 15.8 Å².